The van der Waals surface area contributed by atoms with Crippen LogP contribution < -0.4 is 5.73 Å². The maximum atomic E-state index is 6.35. The van der Waals surface area contributed by atoms with Crippen LogP contribution in [0.3, 0.4) is 0 Å². The van der Waals surface area contributed by atoms with Crippen LogP contribution in [0.2, 0.25) is 5.02 Å². The zero-order valence-electron chi connectivity index (χ0n) is 9.11. The molecule has 0 heterocycles. The highest BCUT2D eigenvalue weighted by Crippen LogP contribution is 2.31. The predicted molar refractivity (Wildman–Crippen MR) is 66.2 cm³/mol. The molecule has 1 aromatic rings. The highest BCUT2D eigenvalue weighted by atomic mass is 35.5. The van der Waals surface area contributed by atoms with Crippen molar-refractivity contribution in [3.8, 4) is 0 Å². The number of hydrogen-bond acceptors (Lipinski definition) is 2. The van der Waals surface area contributed by atoms with E-state index in [1.807, 2.05) is 42.5 Å². The number of benzene rings is 1. The zero-order valence-corrected chi connectivity index (χ0v) is 9.87. The number of nitrogens with two attached hydrogens (primary N) is 1. The topological polar surface area (TPSA) is 35.2 Å². The fourth-order valence-corrected chi connectivity index (χ4v) is 2.04. The fraction of sp³-hybridized carbons (Fsp3) is 0.231. The third-order valence-electron chi connectivity index (χ3n) is 2.77. The normalized spacial score (nSPS) is 24.1. The van der Waals surface area contributed by atoms with Crippen LogP contribution in [-0.4, -0.2) is 7.11 Å². The van der Waals surface area contributed by atoms with Crippen LogP contribution in [-0.2, 0) is 10.3 Å². The number of hydrogen-bond donors (Lipinski definition) is 1. The van der Waals surface area contributed by atoms with Gasteiger partial charge in [0, 0.05) is 11.4 Å². The number of methoxy groups -OCH3 is 1. The minimum atomic E-state index is -0.523. The molecular formula is C13H14ClNO. The Labute approximate surface area is 100 Å². The van der Waals surface area contributed by atoms with Gasteiger partial charge in [0.25, 0.3) is 0 Å². The molecule has 0 bridgehead atoms. The van der Waals surface area contributed by atoms with Crippen molar-refractivity contribution in [2.75, 3.05) is 7.11 Å². The zero-order chi connectivity index (χ0) is 11.6. The van der Waals surface area contributed by atoms with Gasteiger partial charge in [-0.25, -0.2) is 0 Å². The predicted octanol–water partition coefficient (Wildman–Crippen LogP) is 2.98. The molecule has 0 spiro atoms. The van der Waals surface area contributed by atoms with Crippen molar-refractivity contribution >= 4 is 11.6 Å². The summed E-state index contributed by atoms with van der Waals surface area (Å²) in [4.78, 5) is 0. The van der Waals surface area contributed by atoms with Gasteiger partial charge in [0.05, 0.1) is 18.4 Å². The van der Waals surface area contributed by atoms with Crippen LogP contribution in [0.25, 0.3) is 0 Å². The summed E-state index contributed by atoms with van der Waals surface area (Å²) >= 11 is 5.97. The van der Waals surface area contributed by atoms with E-state index in [0.717, 1.165) is 11.3 Å². The molecular weight excluding hydrogens is 222 g/mol. The summed E-state index contributed by atoms with van der Waals surface area (Å²) in [5.41, 5.74) is 6.83. The largest absolute Gasteiger partial charge is 0.501 e. The molecule has 16 heavy (non-hydrogen) atoms. The lowest BCUT2D eigenvalue weighted by atomic mass is 9.84. The minimum absolute atomic E-state index is 0.523. The van der Waals surface area contributed by atoms with Crippen molar-refractivity contribution in [1.82, 2.24) is 0 Å². The molecule has 1 unspecified atom stereocenters. The first-order valence-electron chi connectivity index (χ1n) is 5.11. The van der Waals surface area contributed by atoms with Crippen LogP contribution in [0.15, 0.2) is 48.3 Å². The molecule has 84 valence electrons. The smallest absolute Gasteiger partial charge is 0.0980 e. The molecule has 2 nitrogen and oxygen atoms in total. The number of allylic oxidation sites excluding steroid dienone is 2. The van der Waals surface area contributed by atoms with Gasteiger partial charge in [-0.05, 0) is 23.8 Å². The van der Waals surface area contributed by atoms with Gasteiger partial charge in [-0.15, -0.1) is 0 Å². The summed E-state index contributed by atoms with van der Waals surface area (Å²) < 4.78 is 5.24. The summed E-state index contributed by atoms with van der Waals surface area (Å²) in [5, 5.41) is 0.698. The van der Waals surface area contributed by atoms with Crippen molar-refractivity contribution in [2.24, 2.45) is 5.73 Å². The van der Waals surface area contributed by atoms with Crippen LogP contribution in [0, 0.1) is 0 Å². The van der Waals surface area contributed by atoms with Gasteiger partial charge in [0.2, 0.25) is 0 Å². The molecule has 1 aromatic carbocycles. The van der Waals surface area contributed by atoms with Gasteiger partial charge in [0.15, 0.2) is 0 Å². The van der Waals surface area contributed by atoms with Crippen molar-refractivity contribution < 1.29 is 4.74 Å². The average molecular weight is 236 g/mol. The lowest BCUT2D eigenvalue weighted by molar-refractivity contribution is 0.257. The second kappa shape index (κ2) is 4.32. The van der Waals surface area contributed by atoms with E-state index in [4.69, 9.17) is 22.1 Å². The summed E-state index contributed by atoms with van der Waals surface area (Å²) in [5.74, 6) is 0.880. The first-order chi connectivity index (χ1) is 7.64. The SMILES string of the molecule is COC1=CC=CC(N)(c2cccc(Cl)c2)C1. The van der Waals surface area contributed by atoms with Gasteiger partial charge < -0.3 is 10.5 Å². The Morgan fingerprint density at radius 1 is 1.44 bits per heavy atom. The molecule has 0 aromatic heterocycles. The lowest BCUT2D eigenvalue weighted by Gasteiger charge is -2.29. The van der Waals surface area contributed by atoms with Crippen molar-refractivity contribution in [3.05, 3.63) is 58.8 Å². The molecule has 2 N–H and O–H groups in total. The van der Waals surface area contributed by atoms with E-state index >= 15 is 0 Å². The minimum Gasteiger partial charge on any atom is -0.501 e. The summed E-state index contributed by atoms with van der Waals surface area (Å²) in [6.07, 6.45) is 6.47. The summed E-state index contributed by atoms with van der Waals surface area (Å²) in [6.45, 7) is 0. The molecule has 0 aliphatic heterocycles. The van der Waals surface area contributed by atoms with Gasteiger partial charge in [-0.1, -0.05) is 35.9 Å². The first-order valence-corrected chi connectivity index (χ1v) is 5.49. The van der Waals surface area contributed by atoms with E-state index in [-0.39, 0.29) is 0 Å². The van der Waals surface area contributed by atoms with Crippen molar-refractivity contribution in [1.29, 1.82) is 0 Å². The van der Waals surface area contributed by atoms with Crippen LogP contribution in [0.5, 0.6) is 0 Å². The molecule has 0 fully saturated rings. The maximum absolute atomic E-state index is 6.35. The van der Waals surface area contributed by atoms with Crippen molar-refractivity contribution in [3.63, 3.8) is 0 Å². The van der Waals surface area contributed by atoms with E-state index in [0.29, 0.717) is 11.4 Å². The van der Waals surface area contributed by atoms with Gasteiger partial charge >= 0.3 is 0 Å². The maximum Gasteiger partial charge on any atom is 0.0980 e. The third-order valence-corrected chi connectivity index (χ3v) is 3.00. The highest BCUT2D eigenvalue weighted by molar-refractivity contribution is 6.30. The molecule has 0 saturated carbocycles. The highest BCUT2D eigenvalue weighted by Gasteiger charge is 2.28. The van der Waals surface area contributed by atoms with Crippen LogP contribution >= 0.6 is 11.6 Å². The molecule has 1 atom stereocenters. The Balaban J connectivity index is 2.34. The molecule has 0 saturated heterocycles. The number of ether oxygens (including phenoxy) is 1. The Kier molecular flexibility index (Phi) is 3.03. The standard InChI is InChI=1S/C13H14ClNO/c1-16-12-6-3-7-13(15,9-12)10-4-2-5-11(14)8-10/h2-8H,9,15H2,1H3. The van der Waals surface area contributed by atoms with E-state index in [1.165, 1.54) is 0 Å². The molecule has 0 amide bonds. The molecule has 3 heteroatoms. The van der Waals surface area contributed by atoms with Crippen molar-refractivity contribution in [2.45, 2.75) is 12.0 Å². The third kappa shape index (κ3) is 2.13. The first kappa shape index (κ1) is 11.2. The molecule has 2 rings (SSSR count). The Bertz CT molecular complexity index is 453. The summed E-state index contributed by atoms with van der Waals surface area (Å²) in [6, 6.07) is 7.62. The fourth-order valence-electron chi connectivity index (χ4n) is 1.85. The van der Waals surface area contributed by atoms with Gasteiger partial charge in [-0.2, -0.15) is 0 Å². The average Bonchev–Trinajstić information content (AvgIpc) is 2.29. The number of rotatable bonds is 2. The molecule has 1 aliphatic rings. The van der Waals surface area contributed by atoms with E-state index in [2.05, 4.69) is 0 Å². The van der Waals surface area contributed by atoms with Crippen LogP contribution in [0.4, 0.5) is 0 Å². The Hall–Kier alpha value is -1.25. The molecule has 1 aliphatic carbocycles. The van der Waals surface area contributed by atoms with Gasteiger partial charge in [-0.3, -0.25) is 0 Å². The van der Waals surface area contributed by atoms with E-state index in [9.17, 15) is 0 Å². The second-order valence-corrected chi connectivity index (χ2v) is 4.36. The quantitative estimate of drug-likeness (QED) is 0.856. The van der Waals surface area contributed by atoms with Gasteiger partial charge in [0.1, 0.15) is 0 Å². The molecule has 0 radical (unpaired) electrons. The number of halogens is 1. The summed E-state index contributed by atoms with van der Waals surface area (Å²) in [7, 11) is 1.66. The Morgan fingerprint density at radius 3 is 2.94 bits per heavy atom. The van der Waals surface area contributed by atoms with E-state index < -0.39 is 5.54 Å². The second-order valence-electron chi connectivity index (χ2n) is 3.92. The van der Waals surface area contributed by atoms with Crippen LogP contribution in [0.1, 0.15) is 12.0 Å². The lowest BCUT2D eigenvalue weighted by Crippen LogP contribution is -2.36. The van der Waals surface area contributed by atoms with E-state index in [1.54, 1.807) is 7.11 Å². The monoisotopic (exact) mass is 235 g/mol. The Morgan fingerprint density at radius 2 is 2.25 bits per heavy atom.